The molecule has 1 atom stereocenters. The molecule has 0 aliphatic heterocycles. The standard InChI is InChI=1S/C23H26F7NO2S/c1-2-3-4-11-34-19-10-6-8-17(13-19)31(15-20(32)22(26,27)28)14-16-7-5-9-18(12-16)33-23(29,30)21(24)25/h5-10,12-13,20-21,32H,2-4,11,14-15H2,1H3. The van der Waals surface area contributed by atoms with E-state index in [-0.39, 0.29) is 12.1 Å². The number of hydrogen-bond donors (Lipinski definition) is 1. The van der Waals surface area contributed by atoms with Crippen molar-refractivity contribution >= 4 is 17.4 Å². The quantitative estimate of drug-likeness (QED) is 0.175. The first kappa shape index (κ1) is 28.1. The van der Waals surface area contributed by atoms with Crippen molar-refractivity contribution in [3.8, 4) is 5.75 Å². The summed E-state index contributed by atoms with van der Waals surface area (Å²) in [7, 11) is 0. The van der Waals surface area contributed by atoms with Crippen molar-refractivity contribution in [2.24, 2.45) is 0 Å². The average molecular weight is 514 g/mol. The van der Waals surface area contributed by atoms with Crippen LogP contribution in [0.3, 0.4) is 0 Å². The van der Waals surface area contributed by atoms with Crippen molar-refractivity contribution in [3.05, 3.63) is 54.1 Å². The minimum absolute atomic E-state index is 0.214. The molecule has 11 heteroatoms. The summed E-state index contributed by atoms with van der Waals surface area (Å²) in [6.07, 6.45) is -13.2. The van der Waals surface area contributed by atoms with Gasteiger partial charge in [0.2, 0.25) is 0 Å². The van der Waals surface area contributed by atoms with Crippen molar-refractivity contribution in [1.82, 2.24) is 0 Å². The maximum absolute atomic E-state index is 13.2. The highest BCUT2D eigenvalue weighted by atomic mass is 32.2. The molecular weight excluding hydrogens is 487 g/mol. The average Bonchev–Trinajstić information content (AvgIpc) is 2.75. The Morgan fingerprint density at radius 3 is 2.35 bits per heavy atom. The molecule has 190 valence electrons. The number of nitrogens with zero attached hydrogens (tertiary/aromatic N) is 1. The van der Waals surface area contributed by atoms with Gasteiger partial charge in [0.05, 0.1) is 6.54 Å². The lowest BCUT2D eigenvalue weighted by atomic mass is 10.1. The molecule has 0 aliphatic carbocycles. The van der Waals surface area contributed by atoms with Gasteiger partial charge in [0.1, 0.15) is 5.75 Å². The summed E-state index contributed by atoms with van der Waals surface area (Å²) in [6, 6.07) is 11.5. The Kier molecular flexibility index (Phi) is 10.4. The smallest absolute Gasteiger partial charge is 0.428 e. The van der Waals surface area contributed by atoms with E-state index in [9.17, 15) is 35.8 Å². The van der Waals surface area contributed by atoms with Gasteiger partial charge < -0.3 is 14.7 Å². The maximum Gasteiger partial charge on any atom is 0.461 e. The summed E-state index contributed by atoms with van der Waals surface area (Å²) in [4.78, 5) is 2.08. The number of ether oxygens (including phenoxy) is 1. The van der Waals surface area contributed by atoms with Gasteiger partial charge in [0, 0.05) is 17.1 Å². The first-order chi connectivity index (χ1) is 15.9. The SMILES string of the molecule is CCCCCSc1cccc(N(Cc2cccc(OC(F)(F)C(F)F)c2)CC(O)C(F)(F)F)c1. The van der Waals surface area contributed by atoms with E-state index < -0.39 is 37.1 Å². The monoisotopic (exact) mass is 513 g/mol. The predicted molar refractivity (Wildman–Crippen MR) is 118 cm³/mol. The molecule has 0 radical (unpaired) electrons. The van der Waals surface area contributed by atoms with Gasteiger partial charge in [0.15, 0.2) is 6.10 Å². The second-order valence-corrected chi connectivity index (χ2v) is 8.77. The second kappa shape index (κ2) is 12.5. The third-order valence-electron chi connectivity index (χ3n) is 4.75. The Balaban J connectivity index is 2.26. The molecule has 0 fully saturated rings. The zero-order valence-corrected chi connectivity index (χ0v) is 19.2. The van der Waals surface area contributed by atoms with E-state index in [1.54, 1.807) is 30.0 Å². The fourth-order valence-corrected chi connectivity index (χ4v) is 3.98. The zero-order chi connectivity index (χ0) is 25.4. The Morgan fingerprint density at radius 2 is 1.71 bits per heavy atom. The third-order valence-corrected chi connectivity index (χ3v) is 5.83. The van der Waals surface area contributed by atoms with E-state index in [4.69, 9.17) is 0 Å². The van der Waals surface area contributed by atoms with E-state index in [2.05, 4.69) is 11.7 Å². The fourth-order valence-electron chi connectivity index (χ4n) is 3.01. The molecule has 0 saturated heterocycles. The van der Waals surface area contributed by atoms with Gasteiger partial charge in [-0.3, -0.25) is 0 Å². The van der Waals surface area contributed by atoms with Crippen LogP contribution in [0.4, 0.5) is 36.4 Å². The highest BCUT2D eigenvalue weighted by Gasteiger charge is 2.44. The van der Waals surface area contributed by atoms with Crippen LogP contribution in [0.5, 0.6) is 5.75 Å². The number of alkyl halides is 7. The summed E-state index contributed by atoms with van der Waals surface area (Å²) < 4.78 is 94.6. The zero-order valence-electron chi connectivity index (χ0n) is 18.4. The Bertz CT molecular complexity index is 896. The molecule has 0 aromatic heterocycles. The summed E-state index contributed by atoms with van der Waals surface area (Å²) >= 11 is 1.55. The summed E-state index contributed by atoms with van der Waals surface area (Å²) in [6.45, 7) is 1.05. The number of aliphatic hydroxyl groups excluding tert-OH is 1. The molecular formula is C23H26F7NO2S. The minimum atomic E-state index is -4.87. The lowest BCUT2D eigenvalue weighted by molar-refractivity contribution is -0.253. The van der Waals surface area contributed by atoms with E-state index in [0.29, 0.717) is 5.69 Å². The number of aliphatic hydroxyl groups is 1. The normalized spacial score (nSPS) is 13.2. The van der Waals surface area contributed by atoms with Crippen LogP contribution in [0.15, 0.2) is 53.4 Å². The number of halogens is 7. The first-order valence-electron chi connectivity index (χ1n) is 10.6. The topological polar surface area (TPSA) is 32.7 Å². The molecule has 0 aliphatic rings. The number of thioether (sulfide) groups is 1. The van der Waals surface area contributed by atoms with Gasteiger partial charge >= 0.3 is 18.7 Å². The van der Waals surface area contributed by atoms with Gasteiger partial charge in [-0.1, -0.05) is 38.0 Å². The van der Waals surface area contributed by atoms with Crippen LogP contribution >= 0.6 is 11.8 Å². The van der Waals surface area contributed by atoms with Gasteiger partial charge in [-0.05, 0) is 48.1 Å². The third kappa shape index (κ3) is 8.90. The first-order valence-corrected chi connectivity index (χ1v) is 11.6. The molecule has 34 heavy (non-hydrogen) atoms. The van der Waals surface area contributed by atoms with E-state index in [1.165, 1.54) is 17.0 Å². The fraction of sp³-hybridized carbons (Fsp3) is 0.478. The van der Waals surface area contributed by atoms with E-state index in [0.717, 1.165) is 42.0 Å². The molecule has 2 rings (SSSR count). The van der Waals surface area contributed by atoms with Crippen molar-refractivity contribution in [2.75, 3.05) is 17.2 Å². The van der Waals surface area contributed by atoms with Gasteiger partial charge in [0.25, 0.3) is 0 Å². The second-order valence-electron chi connectivity index (χ2n) is 7.60. The predicted octanol–water partition coefficient (Wildman–Crippen LogP) is 7.14. The van der Waals surface area contributed by atoms with Crippen LogP contribution in [-0.4, -0.2) is 42.2 Å². The van der Waals surface area contributed by atoms with E-state index >= 15 is 0 Å². The summed E-state index contributed by atoms with van der Waals surface area (Å²) in [5, 5.41) is 9.65. The number of unbranched alkanes of at least 4 members (excludes halogenated alkanes) is 2. The largest absolute Gasteiger partial charge is 0.461 e. The number of rotatable bonds is 13. The molecule has 2 aromatic carbocycles. The van der Waals surface area contributed by atoms with E-state index in [1.807, 2.05) is 6.07 Å². The highest BCUT2D eigenvalue weighted by molar-refractivity contribution is 7.99. The number of hydrogen-bond acceptors (Lipinski definition) is 4. The van der Waals surface area contributed by atoms with Crippen molar-refractivity contribution < 1.29 is 40.6 Å². The van der Waals surface area contributed by atoms with Crippen molar-refractivity contribution in [1.29, 1.82) is 0 Å². The van der Waals surface area contributed by atoms with Crippen LogP contribution in [0.2, 0.25) is 0 Å². The van der Waals surface area contributed by atoms with Gasteiger partial charge in [-0.2, -0.15) is 30.7 Å². The minimum Gasteiger partial charge on any atom is -0.428 e. The molecule has 0 heterocycles. The maximum atomic E-state index is 13.2. The van der Waals surface area contributed by atoms with Crippen LogP contribution in [0, 0.1) is 0 Å². The van der Waals surface area contributed by atoms with Crippen molar-refractivity contribution in [2.45, 2.75) is 62.4 Å². The molecule has 2 aromatic rings. The highest BCUT2D eigenvalue weighted by Crippen LogP contribution is 2.31. The lowest BCUT2D eigenvalue weighted by Crippen LogP contribution is -2.41. The molecule has 3 nitrogen and oxygen atoms in total. The van der Waals surface area contributed by atoms with Gasteiger partial charge in [-0.25, -0.2) is 0 Å². The molecule has 0 spiro atoms. The number of anilines is 1. The summed E-state index contributed by atoms with van der Waals surface area (Å²) in [5.74, 6) is 0.277. The molecule has 0 bridgehead atoms. The Labute approximate surface area is 197 Å². The van der Waals surface area contributed by atoms with Crippen LogP contribution in [-0.2, 0) is 6.54 Å². The molecule has 1 N–H and O–H groups in total. The summed E-state index contributed by atoms with van der Waals surface area (Å²) in [5.41, 5.74) is 0.617. The molecule has 1 unspecified atom stereocenters. The molecule has 0 saturated carbocycles. The lowest BCUT2D eigenvalue weighted by Gasteiger charge is -2.29. The van der Waals surface area contributed by atoms with Crippen LogP contribution < -0.4 is 9.64 Å². The number of benzene rings is 2. The Morgan fingerprint density at radius 1 is 1.00 bits per heavy atom. The van der Waals surface area contributed by atoms with Gasteiger partial charge in [-0.15, -0.1) is 11.8 Å². The van der Waals surface area contributed by atoms with Crippen LogP contribution in [0.1, 0.15) is 31.7 Å². The van der Waals surface area contributed by atoms with Crippen molar-refractivity contribution in [3.63, 3.8) is 0 Å². The Hall–Kier alpha value is -2.14. The molecule has 0 amide bonds. The van der Waals surface area contributed by atoms with Crippen LogP contribution in [0.25, 0.3) is 0 Å².